The number of aryl methyl sites for hydroxylation is 1. The van der Waals surface area contributed by atoms with Gasteiger partial charge in [0.25, 0.3) is 0 Å². The number of fused-ring (bicyclic) bond motifs is 1. The molecule has 2 unspecified atom stereocenters. The van der Waals surface area contributed by atoms with E-state index in [0.29, 0.717) is 17.5 Å². The van der Waals surface area contributed by atoms with Crippen LogP contribution in [0.3, 0.4) is 0 Å². The molecule has 26 heavy (non-hydrogen) atoms. The van der Waals surface area contributed by atoms with Gasteiger partial charge in [-0.3, -0.25) is 9.59 Å². The number of amides is 1. The van der Waals surface area contributed by atoms with Crippen molar-refractivity contribution in [2.45, 2.75) is 55.9 Å². The maximum atomic E-state index is 11.8. The van der Waals surface area contributed by atoms with E-state index in [4.69, 9.17) is 10.5 Å². The van der Waals surface area contributed by atoms with Crippen molar-refractivity contribution in [3.05, 3.63) is 11.8 Å². The van der Waals surface area contributed by atoms with Gasteiger partial charge in [-0.1, -0.05) is 11.8 Å². The van der Waals surface area contributed by atoms with Crippen LogP contribution in [0.15, 0.2) is 16.9 Å². The molecular formula is C15H22N6O3S2. The van der Waals surface area contributed by atoms with Crippen LogP contribution in [-0.2, 0) is 20.9 Å². The Morgan fingerprint density at radius 2 is 2.27 bits per heavy atom. The first-order valence-corrected chi connectivity index (χ1v) is 10.3. The second kappa shape index (κ2) is 7.57. The fraction of sp³-hybridized carbons (Fsp3) is 0.667. The molecule has 2 atom stereocenters. The number of β-lactam (4-membered cyclic amide) rings is 1. The number of esters is 1. The zero-order valence-corrected chi connectivity index (χ0v) is 16.5. The minimum atomic E-state index is -0.505. The van der Waals surface area contributed by atoms with Crippen molar-refractivity contribution < 1.29 is 14.3 Å². The fourth-order valence-electron chi connectivity index (χ4n) is 2.52. The molecule has 9 nitrogen and oxygen atoms in total. The Morgan fingerprint density at radius 1 is 1.50 bits per heavy atom. The predicted octanol–water partition coefficient (Wildman–Crippen LogP) is 0.623. The molecule has 1 fully saturated rings. The number of rotatable bonds is 6. The van der Waals surface area contributed by atoms with Gasteiger partial charge in [0, 0.05) is 17.7 Å². The highest BCUT2D eigenvalue weighted by molar-refractivity contribution is 8.01. The molecule has 3 heterocycles. The third-order valence-electron chi connectivity index (χ3n) is 3.72. The molecule has 1 aromatic rings. The first-order chi connectivity index (χ1) is 12.2. The molecule has 2 aliphatic rings. The van der Waals surface area contributed by atoms with E-state index in [1.807, 2.05) is 27.0 Å². The van der Waals surface area contributed by atoms with E-state index < -0.39 is 5.60 Å². The van der Waals surface area contributed by atoms with Crippen LogP contribution in [0.25, 0.3) is 0 Å². The zero-order chi connectivity index (χ0) is 18.9. The number of nitrogens with zero attached hydrogens (tertiary/aromatic N) is 5. The smallest absolute Gasteiger partial charge is 0.308 e. The quantitative estimate of drug-likeness (QED) is 0.418. The van der Waals surface area contributed by atoms with Gasteiger partial charge < -0.3 is 15.4 Å². The third-order valence-corrected chi connectivity index (χ3v) is 6.18. The standard InChI is InChI=1S/C15H22N6O3S2/c1-15(2,3)24-10(22)4-5-21-14(17-18-19-21)26-8-9-6-20-12(23)11(16)13(20)25-7-9/h6,11,13H,4-5,7-8,16H2,1-3H3. The number of tetrazole rings is 1. The molecule has 142 valence electrons. The van der Waals surface area contributed by atoms with Crippen molar-refractivity contribution in [2.24, 2.45) is 5.73 Å². The summed E-state index contributed by atoms with van der Waals surface area (Å²) in [5.74, 6) is 1.18. The molecule has 1 saturated heterocycles. The topological polar surface area (TPSA) is 116 Å². The molecule has 2 N–H and O–H groups in total. The van der Waals surface area contributed by atoms with E-state index >= 15 is 0 Å². The first-order valence-electron chi connectivity index (χ1n) is 8.24. The van der Waals surface area contributed by atoms with Crippen LogP contribution >= 0.6 is 23.5 Å². The summed E-state index contributed by atoms with van der Waals surface area (Å²) in [6, 6.07) is -0.384. The van der Waals surface area contributed by atoms with Gasteiger partial charge >= 0.3 is 5.97 Å². The van der Waals surface area contributed by atoms with E-state index in [-0.39, 0.29) is 29.7 Å². The van der Waals surface area contributed by atoms with E-state index in [1.54, 1.807) is 21.3 Å². The van der Waals surface area contributed by atoms with Crippen molar-refractivity contribution in [1.29, 1.82) is 0 Å². The minimum Gasteiger partial charge on any atom is -0.460 e. The maximum Gasteiger partial charge on any atom is 0.308 e. The fourth-order valence-corrected chi connectivity index (χ4v) is 4.73. The number of hydrogen-bond acceptors (Lipinski definition) is 9. The van der Waals surface area contributed by atoms with Crippen molar-refractivity contribution in [2.75, 3.05) is 11.5 Å². The summed E-state index contributed by atoms with van der Waals surface area (Å²) >= 11 is 3.15. The Bertz CT molecular complexity index is 729. The second-order valence-corrected chi connectivity index (χ2v) is 9.12. The van der Waals surface area contributed by atoms with Gasteiger partial charge in [-0.2, -0.15) is 0 Å². The van der Waals surface area contributed by atoms with Crippen LogP contribution in [0.4, 0.5) is 0 Å². The number of carbonyl (C=O) groups is 2. The van der Waals surface area contributed by atoms with Crippen LogP contribution in [0, 0.1) is 0 Å². The Hall–Kier alpha value is -1.59. The van der Waals surface area contributed by atoms with Gasteiger partial charge in [0.1, 0.15) is 17.0 Å². The van der Waals surface area contributed by atoms with Gasteiger partial charge in [0.05, 0.1) is 13.0 Å². The van der Waals surface area contributed by atoms with Crippen LogP contribution in [0.2, 0.25) is 0 Å². The van der Waals surface area contributed by atoms with Crippen LogP contribution in [0.5, 0.6) is 0 Å². The molecule has 0 spiro atoms. The van der Waals surface area contributed by atoms with E-state index in [1.165, 1.54) is 11.8 Å². The summed E-state index contributed by atoms with van der Waals surface area (Å²) in [7, 11) is 0. The largest absolute Gasteiger partial charge is 0.460 e. The lowest BCUT2D eigenvalue weighted by atomic mass is 10.1. The summed E-state index contributed by atoms with van der Waals surface area (Å²) in [5.41, 5.74) is 6.39. The summed E-state index contributed by atoms with van der Waals surface area (Å²) in [5, 5.41) is 12.3. The highest BCUT2D eigenvalue weighted by Gasteiger charge is 2.46. The van der Waals surface area contributed by atoms with Gasteiger partial charge in [0.15, 0.2) is 0 Å². The van der Waals surface area contributed by atoms with E-state index in [2.05, 4.69) is 15.5 Å². The van der Waals surface area contributed by atoms with Crippen LogP contribution < -0.4 is 5.73 Å². The predicted molar refractivity (Wildman–Crippen MR) is 98.2 cm³/mol. The lowest BCUT2D eigenvalue weighted by molar-refractivity contribution is -0.155. The average molecular weight is 399 g/mol. The summed E-state index contributed by atoms with van der Waals surface area (Å²) in [4.78, 5) is 25.3. The summed E-state index contributed by atoms with van der Waals surface area (Å²) < 4.78 is 6.89. The number of ether oxygens (including phenoxy) is 1. The molecule has 1 amide bonds. The lowest BCUT2D eigenvalue weighted by Crippen LogP contribution is -2.66. The van der Waals surface area contributed by atoms with Crippen molar-refractivity contribution in [1.82, 2.24) is 25.1 Å². The summed E-state index contributed by atoms with van der Waals surface area (Å²) in [6.07, 6.45) is 2.09. The summed E-state index contributed by atoms with van der Waals surface area (Å²) in [6.45, 7) is 5.86. The molecule has 2 aliphatic heterocycles. The normalized spacial score (nSPS) is 22.5. The van der Waals surface area contributed by atoms with Gasteiger partial charge in [0.2, 0.25) is 11.1 Å². The third kappa shape index (κ3) is 4.38. The number of thioether (sulfide) groups is 2. The lowest BCUT2D eigenvalue weighted by Gasteiger charge is -2.45. The highest BCUT2D eigenvalue weighted by atomic mass is 32.2. The van der Waals surface area contributed by atoms with Gasteiger partial charge in [-0.15, -0.1) is 16.9 Å². The SMILES string of the molecule is CC(C)(C)OC(=O)CCn1nnnc1SCC1=CN2C(=O)C(N)C2SC1. The Kier molecular flexibility index (Phi) is 5.58. The number of hydrogen-bond donors (Lipinski definition) is 1. The Balaban J connectivity index is 1.51. The minimum absolute atomic E-state index is 0.0353. The molecule has 0 aliphatic carbocycles. The first kappa shape index (κ1) is 19.2. The van der Waals surface area contributed by atoms with Crippen molar-refractivity contribution in [3.8, 4) is 0 Å². The molecular weight excluding hydrogens is 376 g/mol. The number of carbonyl (C=O) groups excluding carboxylic acids is 2. The second-order valence-electron chi connectivity index (χ2n) is 7.07. The highest BCUT2D eigenvalue weighted by Crippen LogP contribution is 2.36. The molecule has 3 rings (SSSR count). The molecule has 0 saturated carbocycles. The molecule has 0 radical (unpaired) electrons. The molecule has 0 bridgehead atoms. The zero-order valence-electron chi connectivity index (χ0n) is 14.9. The Labute approximate surface area is 160 Å². The maximum absolute atomic E-state index is 11.8. The van der Waals surface area contributed by atoms with Gasteiger partial charge in [-0.25, -0.2) is 4.68 Å². The Morgan fingerprint density at radius 3 is 3.00 bits per heavy atom. The average Bonchev–Trinajstić information content (AvgIpc) is 3.03. The number of nitrogens with two attached hydrogens (primary N) is 1. The monoisotopic (exact) mass is 398 g/mol. The van der Waals surface area contributed by atoms with Crippen molar-refractivity contribution in [3.63, 3.8) is 0 Å². The molecule has 0 aromatic carbocycles. The van der Waals surface area contributed by atoms with Crippen LogP contribution in [0.1, 0.15) is 27.2 Å². The van der Waals surface area contributed by atoms with E-state index in [0.717, 1.165) is 11.3 Å². The number of aromatic nitrogens is 4. The van der Waals surface area contributed by atoms with Crippen LogP contribution in [-0.4, -0.2) is 65.5 Å². The van der Waals surface area contributed by atoms with Gasteiger partial charge in [-0.05, 0) is 36.8 Å². The molecule has 1 aromatic heterocycles. The molecule has 11 heteroatoms. The van der Waals surface area contributed by atoms with Crippen molar-refractivity contribution >= 4 is 35.4 Å². The van der Waals surface area contributed by atoms with E-state index in [9.17, 15) is 9.59 Å².